The van der Waals surface area contributed by atoms with Gasteiger partial charge in [-0.25, -0.2) is 0 Å². The molecule has 0 aliphatic rings. The number of carbonyl (C=O) groups is 2. The number of fused-ring (bicyclic) bond motifs is 1. The van der Waals surface area contributed by atoms with E-state index in [0.717, 1.165) is 15.6 Å². The van der Waals surface area contributed by atoms with E-state index >= 15 is 0 Å². The van der Waals surface area contributed by atoms with Gasteiger partial charge in [0.1, 0.15) is 5.75 Å². The standard InChI is InChI=1S/C21H31NO5SSi/c1-13-14-11-16(27-29(7,8)21(2,3)4)15(25-5)12-17(14)28-19(13)20(24)22-10-9-18(23)26-6/h11-12H,9-10H2,1-8H3,(H,22,24). The van der Waals surface area contributed by atoms with Gasteiger partial charge in [0.05, 0.1) is 25.5 Å². The predicted octanol–water partition coefficient (Wildman–Crippen LogP) is 4.90. The Morgan fingerprint density at radius 3 is 2.34 bits per heavy atom. The fraction of sp³-hybridized carbons (Fsp3) is 0.524. The van der Waals surface area contributed by atoms with E-state index in [2.05, 4.69) is 43.9 Å². The van der Waals surface area contributed by atoms with Gasteiger partial charge in [0, 0.05) is 22.7 Å². The van der Waals surface area contributed by atoms with Crippen LogP contribution in [-0.4, -0.2) is 41.0 Å². The van der Waals surface area contributed by atoms with Gasteiger partial charge in [-0.15, -0.1) is 11.3 Å². The monoisotopic (exact) mass is 437 g/mol. The number of thiophene rings is 1. The normalized spacial score (nSPS) is 12.0. The summed E-state index contributed by atoms with van der Waals surface area (Å²) >= 11 is 1.41. The highest BCUT2D eigenvalue weighted by atomic mass is 32.1. The van der Waals surface area contributed by atoms with Crippen molar-refractivity contribution in [1.29, 1.82) is 0 Å². The molecule has 0 aliphatic carbocycles. The minimum Gasteiger partial charge on any atom is -0.541 e. The number of esters is 1. The first-order valence-corrected chi connectivity index (χ1v) is 13.3. The van der Waals surface area contributed by atoms with E-state index in [-0.39, 0.29) is 29.9 Å². The van der Waals surface area contributed by atoms with Crippen LogP contribution in [0.1, 0.15) is 42.4 Å². The van der Waals surface area contributed by atoms with Crippen LogP contribution in [0.3, 0.4) is 0 Å². The third kappa shape index (κ3) is 5.11. The molecule has 2 rings (SSSR count). The maximum atomic E-state index is 12.6. The zero-order chi connectivity index (χ0) is 22.0. The van der Waals surface area contributed by atoms with Crippen molar-refractivity contribution in [1.82, 2.24) is 5.32 Å². The minimum atomic E-state index is -2.04. The summed E-state index contributed by atoms with van der Waals surface area (Å²) in [5.74, 6) is 0.834. The minimum absolute atomic E-state index is 0.0569. The van der Waals surface area contributed by atoms with Gasteiger partial charge in [0.15, 0.2) is 5.75 Å². The molecule has 29 heavy (non-hydrogen) atoms. The van der Waals surface area contributed by atoms with Crippen LogP contribution in [-0.2, 0) is 9.53 Å². The van der Waals surface area contributed by atoms with Gasteiger partial charge in [-0.05, 0) is 36.7 Å². The van der Waals surface area contributed by atoms with Gasteiger partial charge >= 0.3 is 5.97 Å². The lowest BCUT2D eigenvalue weighted by molar-refractivity contribution is -0.140. The van der Waals surface area contributed by atoms with Gasteiger partial charge < -0.3 is 19.2 Å². The zero-order valence-corrected chi connectivity index (χ0v) is 20.3. The van der Waals surface area contributed by atoms with E-state index in [1.165, 1.54) is 18.4 Å². The summed E-state index contributed by atoms with van der Waals surface area (Å²) in [7, 11) is 0.911. The molecule has 0 radical (unpaired) electrons. The van der Waals surface area contributed by atoms with E-state index in [0.29, 0.717) is 16.4 Å². The lowest BCUT2D eigenvalue weighted by atomic mass is 10.1. The number of benzene rings is 1. The number of amides is 1. The summed E-state index contributed by atoms with van der Waals surface area (Å²) in [4.78, 5) is 24.5. The first-order chi connectivity index (χ1) is 13.4. The molecule has 0 aliphatic heterocycles. The summed E-state index contributed by atoms with van der Waals surface area (Å²) in [6.07, 6.45) is 0.143. The van der Waals surface area contributed by atoms with E-state index in [1.807, 2.05) is 19.1 Å². The fourth-order valence-electron chi connectivity index (χ4n) is 2.57. The lowest BCUT2D eigenvalue weighted by Gasteiger charge is -2.36. The predicted molar refractivity (Wildman–Crippen MR) is 120 cm³/mol. The quantitative estimate of drug-likeness (QED) is 0.493. The van der Waals surface area contributed by atoms with E-state index in [4.69, 9.17) is 9.16 Å². The molecule has 0 spiro atoms. The molecular weight excluding hydrogens is 406 g/mol. The number of nitrogens with one attached hydrogen (secondary N) is 1. The van der Waals surface area contributed by atoms with Gasteiger partial charge in [0.2, 0.25) is 0 Å². The number of ether oxygens (including phenoxy) is 2. The van der Waals surface area contributed by atoms with Crippen molar-refractivity contribution in [2.45, 2.75) is 52.2 Å². The first kappa shape index (κ1) is 23.2. The number of aryl methyl sites for hydroxylation is 1. The average molecular weight is 438 g/mol. The zero-order valence-electron chi connectivity index (χ0n) is 18.5. The Morgan fingerprint density at radius 1 is 1.14 bits per heavy atom. The molecule has 0 fully saturated rings. The maximum Gasteiger partial charge on any atom is 0.307 e. The molecule has 8 heteroatoms. The highest BCUT2D eigenvalue weighted by Gasteiger charge is 2.39. The van der Waals surface area contributed by atoms with Crippen molar-refractivity contribution in [3.63, 3.8) is 0 Å². The topological polar surface area (TPSA) is 73.9 Å². The molecule has 0 atom stereocenters. The van der Waals surface area contributed by atoms with Gasteiger partial charge in [-0.2, -0.15) is 0 Å². The van der Waals surface area contributed by atoms with Crippen molar-refractivity contribution in [2.24, 2.45) is 0 Å². The van der Waals surface area contributed by atoms with E-state index < -0.39 is 8.32 Å². The second-order valence-electron chi connectivity index (χ2n) is 8.50. The van der Waals surface area contributed by atoms with Gasteiger partial charge in [-0.3, -0.25) is 9.59 Å². The molecule has 0 bridgehead atoms. The molecule has 160 valence electrons. The summed E-state index contributed by atoms with van der Waals surface area (Å²) in [5.41, 5.74) is 0.892. The van der Waals surface area contributed by atoms with Crippen LogP contribution in [0, 0.1) is 6.92 Å². The molecular formula is C21H31NO5SSi. The van der Waals surface area contributed by atoms with Crippen LogP contribution in [0.25, 0.3) is 10.1 Å². The molecule has 2 aromatic rings. The number of rotatable bonds is 7. The Bertz CT molecular complexity index is 914. The van der Waals surface area contributed by atoms with Crippen molar-refractivity contribution in [3.05, 3.63) is 22.6 Å². The fourth-order valence-corrected chi connectivity index (χ4v) is 4.72. The summed E-state index contributed by atoms with van der Waals surface area (Å²) < 4.78 is 17.6. The Morgan fingerprint density at radius 2 is 1.79 bits per heavy atom. The van der Waals surface area contributed by atoms with E-state index in [9.17, 15) is 9.59 Å². The van der Waals surface area contributed by atoms with Crippen LogP contribution < -0.4 is 14.5 Å². The Hall–Kier alpha value is -2.06. The lowest BCUT2D eigenvalue weighted by Crippen LogP contribution is -2.43. The van der Waals surface area contributed by atoms with Gasteiger partial charge in [0.25, 0.3) is 14.2 Å². The van der Waals surface area contributed by atoms with Crippen LogP contribution >= 0.6 is 11.3 Å². The highest BCUT2D eigenvalue weighted by molar-refractivity contribution is 7.21. The third-order valence-electron chi connectivity index (χ3n) is 5.44. The Labute approximate surface area is 177 Å². The smallest absolute Gasteiger partial charge is 0.307 e. The molecule has 1 N–H and O–H groups in total. The van der Waals surface area contributed by atoms with Crippen LogP contribution in [0.4, 0.5) is 0 Å². The van der Waals surface area contributed by atoms with Crippen LogP contribution in [0.5, 0.6) is 11.5 Å². The number of hydrogen-bond acceptors (Lipinski definition) is 6. The summed E-state index contributed by atoms with van der Waals surface area (Å²) in [6, 6.07) is 3.91. The molecule has 1 aromatic heterocycles. The average Bonchev–Trinajstić information content (AvgIpc) is 2.95. The Kier molecular flexibility index (Phi) is 7.00. The van der Waals surface area contributed by atoms with Crippen molar-refractivity contribution < 1.29 is 23.5 Å². The second kappa shape index (κ2) is 8.75. The molecule has 6 nitrogen and oxygen atoms in total. The largest absolute Gasteiger partial charge is 0.541 e. The van der Waals surface area contributed by atoms with Crippen LogP contribution in [0.15, 0.2) is 12.1 Å². The van der Waals surface area contributed by atoms with Gasteiger partial charge in [-0.1, -0.05) is 20.8 Å². The number of hydrogen-bond donors (Lipinski definition) is 1. The van der Waals surface area contributed by atoms with E-state index in [1.54, 1.807) is 7.11 Å². The first-order valence-electron chi connectivity index (χ1n) is 9.56. The molecule has 1 aromatic carbocycles. The number of carbonyl (C=O) groups excluding carboxylic acids is 2. The molecule has 0 saturated heterocycles. The molecule has 0 unspecified atom stereocenters. The van der Waals surface area contributed by atoms with Crippen LogP contribution in [0.2, 0.25) is 18.1 Å². The number of methoxy groups -OCH3 is 2. The van der Waals surface area contributed by atoms with Crippen molar-refractivity contribution in [2.75, 3.05) is 20.8 Å². The SMILES string of the molecule is COC(=O)CCNC(=O)c1sc2cc(OC)c(O[Si](C)(C)C(C)(C)C)cc2c1C. The Balaban J connectivity index is 2.36. The van der Waals surface area contributed by atoms with Crippen molar-refractivity contribution in [3.8, 4) is 11.5 Å². The summed E-state index contributed by atoms with van der Waals surface area (Å²) in [6.45, 7) is 13.1. The molecule has 1 heterocycles. The maximum absolute atomic E-state index is 12.6. The third-order valence-corrected chi connectivity index (χ3v) is 11.0. The second-order valence-corrected chi connectivity index (χ2v) is 14.3. The molecule has 0 saturated carbocycles. The molecule has 1 amide bonds. The van der Waals surface area contributed by atoms with Crippen molar-refractivity contribution >= 4 is 41.6 Å². The highest BCUT2D eigenvalue weighted by Crippen LogP contribution is 2.43. The summed E-state index contributed by atoms with van der Waals surface area (Å²) in [5, 5.41) is 3.81.